The maximum Gasteiger partial charge on any atom is 0.356 e. The van der Waals surface area contributed by atoms with E-state index in [2.05, 4.69) is 15.3 Å². The van der Waals surface area contributed by atoms with Crippen molar-refractivity contribution in [3.8, 4) is 11.3 Å². The van der Waals surface area contributed by atoms with Gasteiger partial charge in [-0.05, 0) is 63.9 Å². The van der Waals surface area contributed by atoms with Crippen LogP contribution >= 0.6 is 11.6 Å². The minimum atomic E-state index is -3.00. The highest BCUT2D eigenvalue weighted by atomic mass is 35.5. The molecule has 1 aliphatic heterocycles. The number of ether oxygens (including phenoxy) is 1. The van der Waals surface area contributed by atoms with Crippen molar-refractivity contribution >= 4 is 41.1 Å². The number of hydrogen-bond acceptors (Lipinski definition) is 11. The largest absolute Gasteiger partial charge is 0.455 e. The average molecular weight is 698 g/mol. The standard InChI is InChI=1S/C33H38ClF2N9O4/c1-18-6-5-7-27(24-12-19(10-11-40-24)29(43-32(35)36)25(15-37)42-30(18)47)44-17-41-23(14-28(44)46)21-13-20(34)8-9-26(21)45(39)16-22(38)31(48)49-33(2,3)4/h8-18,27,32,37,43H,5-7,38-39H2,1-4H3,(H,42,47)/b22-16-,29-25+,37-15?. The summed E-state index contributed by atoms with van der Waals surface area (Å²) in [6.45, 7) is 3.79. The number of fused-ring (bicyclic) bond motifs is 2. The summed E-state index contributed by atoms with van der Waals surface area (Å²) in [5, 5.41) is 13.8. The summed E-state index contributed by atoms with van der Waals surface area (Å²) in [5.74, 6) is 4.55. The van der Waals surface area contributed by atoms with Crippen LogP contribution in [0.1, 0.15) is 64.3 Å². The maximum atomic E-state index is 13.8. The number of amides is 1. The van der Waals surface area contributed by atoms with E-state index in [4.69, 9.17) is 33.3 Å². The Morgan fingerprint density at radius 3 is 2.59 bits per heavy atom. The molecule has 2 aromatic heterocycles. The number of nitrogens with two attached hydrogens (primary N) is 2. The zero-order chi connectivity index (χ0) is 36.0. The SMILES string of the molecule is CC1CCCC(n2cnc(-c3cc(Cl)ccc3N(N)/C=C(\N)C(=O)OC(C)(C)C)cc2=O)c2cc(ccn2)/C(NC(F)F)=C(/C=N)NC1=O. The van der Waals surface area contributed by atoms with Crippen LogP contribution in [0.25, 0.3) is 17.0 Å². The molecule has 2 bridgehead atoms. The van der Waals surface area contributed by atoms with Crippen molar-refractivity contribution in [3.05, 3.63) is 93.2 Å². The maximum absolute atomic E-state index is 13.8. The van der Waals surface area contributed by atoms with Gasteiger partial charge in [0.05, 0.1) is 47.0 Å². The van der Waals surface area contributed by atoms with E-state index in [-0.39, 0.29) is 28.3 Å². The first-order valence-corrected chi connectivity index (χ1v) is 15.6. The number of nitrogens with zero attached hydrogens (tertiary/aromatic N) is 4. The molecule has 2 unspecified atom stereocenters. The monoisotopic (exact) mass is 697 g/mol. The molecule has 4 rings (SSSR count). The quantitative estimate of drug-likeness (QED) is 0.0561. The van der Waals surface area contributed by atoms with Crippen LogP contribution in [0.5, 0.6) is 0 Å². The summed E-state index contributed by atoms with van der Waals surface area (Å²) in [7, 11) is 0. The Bertz CT molecular complexity index is 1860. The third-order valence-electron chi connectivity index (χ3n) is 7.50. The molecule has 0 saturated heterocycles. The lowest BCUT2D eigenvalue weighted by Crippen LogP contribution is -2.33. The normalized spacial score (nSPS) is 19.0. The lowest BCUT2D eigenvalue weighted by molar-refractivity contribution is -0.150. The number of carbonyl (C=O) groups is 2. The minimum absolute atomic E-state index is 0.136. The second-order valence-corrected chi connectivity index (χ2v) is 12.8. The van der Waals surface area contributed by atoms with Gasteiger partial charge in [0.2, 0.25) is 5.91 Å². The molecule has 0 saturated carbocycles. The zero-order valence-electron chi connectivity index (χ0n) is 27.3. The Morgan fingerprint density at radius 1 is 1.20 bits per heavy atom. The van der Waals surface area contributed by atoms with Crippen molar-refractivity contribution in [3.63, 3.8) is 0 Å². The molecule has 0 fully saturated rings. The molecular weight excluding hydrogens is 660 g/mol. The molecule has 3 aromatic rings. The third-order valence-corrected chi connectivity index (χ3v) is 7.73. The van der Waals surface area contributed by atoms with Crippen molar-refractivity contribution in [1.29, 1.82) is 5.41 Å². The molecule has 1 aromatic carbocycles. The number of rotatable bonds is 8. The van der Waals surface area contributed by atoms with Crippen LogP contribution in [0.4, 0.5) is 14.5 Å². The van der Waals surface area contributed by atoms with Crippen molar-refractivity contribution in [2.45, 2.75) is 65.1 Å². The van der Waals surface area contributed by atoms with Gasteiger partial charge < -0.3 is 26.5 Å². The van der Waals surface area contributed by atoms with Gasteiger partial charge in [0.15, 0.2) is 0 Å². The van der Waals surface area contributed by atoms with Crippen LogP contribution in [0.15, 0.2) is 71.3 Å². The molecule has 16 heteroatoms. The van der Waals surface area contributed by atoms with E-state index < -0.39 is 41.5 Å². The van der Waals surface area contributed by atoms with E-state index in [1.807, 2.05) is 5.32 Å². The van der Waals surface area contributed by atoms with Crippen molar-refractivity contribution < 1.29 is 23.1 Å². The number of hydrazine groups is 1. The van der Waals surface area contributed by atoms with Gasteiger partial charge in [0.25, 0.3) is 5.56 Å². The minimum Gasteiger partial charge on any atom is -0.455 e. The first-order valence-electron chi connectivity index (χ1n) is 15.3. The predicted octanol–water partition coefficient (Wildman–Crippen LogP) is 4.44. The Labute approximate surface area is 286 Å². The molecule has 7 N–H and O–H groups in total. The number of halogens is 3. The molecule has 1 aliphatic rings. The van der Waals surface area contributed by atoms with E-state index >= 15 is 0 Å². The molecule has 0 spiro atoms. The Kier molecular flexibility index (Phi) is 11.5. The fourth-order valence-corrected chi connectivity index (χ4v) is 5.33. The van der Waals surface area contributed by atoms with E-state index in [9.17, 15) is 23.2 Å². The summed E-state index contributed by atoms with van der Waals surface area (Å²) in [6, 6.07) is 8.28. The lowest BCUT2D eigenvalue weighted by atomic mass is 9.96. The van der Waals surface area contributed by atoms with Crippen LogP contribution in [-0.4, -0.2) is 44.8 Å². The van der Waals surface area contributed by atoms with Gasteiger partial charge in [-0.3, -0.25) is 24.1 Å². The first kappa shape index (κ1) is 36.7. The smallest absolute Gasteiger partial charge is 0.356 e. The Morgan fingerprint density at radius 2 is 1.94 bits per heavy atom. The number of hydrogen-bond donors (Lipinski definition) is 5. The van der Waals surface area contributed by atoms with Gasteiger partial charge in [0, 0.05) is 40.5 Å². The number of esters is 1. The first-order chi connectivity index (χ1) is 23.1. The molecule has 0 radical (unpaired) electrons. The third kappa shape index (κ3) is 9.27. The summed E-state index contributed by atoms with van der Waals surface area (Å²) in [5.41, 5.74) is 5.62. The lowest BCUT2D eigenvalue weighted by Gasteiger charge is -2.24. The number of allylic oxidation sites excluding steroid dienone is 1. The molecule has 49 heavy (non-hydrogen) atoms. The van der Waals surface area contributed by atoms with Gasteiger partial charge in [0.1, 0.15) is 11.3 Å². The van der Waals surface area contributed by atoms with Gasteiger partial charge in [-0.25, -0.2) is 15.6 Å². The van der Waals surface area contributed by atoms with Gasteiger partial charge in [-0.1, -0.05) is 24.9 Å². The Hall–Kier alpha value is -5.15. The van der Waals surface area contributed by atoms with E-state index in [0.29, 0.717) is 41.2 Å². The van der Waals surface area contributed by atoms with Crippen LogP contribution in [0.2, 0.25) is 5.02 Å². The average Bonchev–Trinajstić information content (AvgIpc) is 3.03. The number of benzene rings is 1. The number of alkyl halides is 2. The van der Waals surface area contributed by atoms with Crippen LogP contribution in [0.3, 0.4) is 0 Å². The highest BCUT2D eigenvalue weighted by molar-refractivity contribution is 6.31. The molecule has 0 aliphatic carbocycles. The summed E-state index contributed by atoms with van der Waals surface area (Å²) >= 11 is 6.31. The second-order valence-electron chi connectivity index (χ2n) is 12.4. The van der Waals surface area contributed by atoms with Gasteiger partial charge >= 0.3 is 12.5 Å². The molecular formula is C33H38ClF2N9O4. The van der Waals surface area contributed by atoms with Gasteiger partial charge in [-0.2, -0.15) is 8.78 Å². The molecule has 2 atom stereocenters. The van der Waals surface area contributed by atoms with Crippen LogP contribution < -0.4 is 32.8 Å². The molecule has 13 nitrogen and oxygen atoms in total. The second kappa shape index (κ2) is 15.4. The van der Waals surface area contributed by atoms with E-state index in [0.717, 1.165) is 11.2 Å². The van der Waals surface area contributed by atoms with E-state index in [1.54, 1.807) is 45.9 Å². The number of carbonyl (C=O) groups excluding carboxylic acids is 2. The number of nitrogens with one attached hydrogen (secondary N) is 3. The van der Waals surface area contributed by atoms with Crippen LogP contribution in [0, 0.1) is 11.3 Å². The Balaban J connectivity index is 1.78. The van der Waals surface area contributed by atoms with Crippen molar-refractivity contribution in [2.75, 3.05) is 5.01 Å². The van der Waals surface area contributed by atoms with Crippen LogP contribution in [-0.2, 0) is 14.3 Å². The molecule has 260 valence electrons. The highest BCUT2D eigenvalue weighted by Gasteiger charge is 2.25. The fourth-order valence-electron chi connectivity index (χ4n) is 5.16. The molecule has 3 heterocycles. The van der Waals surface area contributed by atoms with Crippen molar-refractivity contribution in [2.24, 2.45) is 17.5 Å². The summed E-state index contributed by atoms with van der Waals surface area (Å²) in [4.78, 5) is 48.1. The van der Waals surface area contributed by atoms with E-state index in [1.165, 1.54) is 41.5 Å². The fraction of sp³-hybridized carbons (Fsp3) is 0.333. The number of pyridine rings is 1. The van der Waals surface area contributed by atoms with Gasteiger partial charge in [-0.15, -0.1) is 0 Å². The zero-order valence-corrected chi connectivity index (χ0v) is 28.1. The predicted molar refractivity (Wildman–Crippen MR) is 182 cm³/mol. The number of anilines is 1. The number of aromatic nitrogens is 3. The topological polar surface area (TPSA) is 194 Å². The summed E-state index contributed by atoms with van der Waals surface area (Å²) in [6.07, 6.45) is 5.98. The highest BCUT2D eigenvalue weighted by Crippen LogP contribution is 2.32. The summed E-state index contributed by atoms with van der Waals surface area (Å²) < 4.78 is 33.9. The molecule has 1 amide bonds. The van der Waals surface area contributed by atoms with Crippen molar-refractivity contribution in [1.82, 2.24) is 25.2 Å².